The summed E-state index contributed by atoms with van der Waals surface area (Å²) in [5.41, 5.74) is 1.18. The van der Waals surface area contributed by atoms with Crippen molar-refractivity contribution in [3.05, 3.63) is 59.9 Å². The van der Waals surface area contributed by atoms with Crippen LogP contribution in [-0.2, 0) is 4.79 Å². The first-order valence-corrected chi connectivity index (χ1v) is 10.7. The van der Waals surface area contributed by atoms with Gasteiger partial charge in [0.05, 0.1) is 19.8 Å². The summed E-state index contributed by atoms with van der Waals surface area (Å²) in [4.78, 5) is 14.8. The SMILES string of the molecule is COc1ccc(C(CNC(=O)CCCOc2ccccc2F)N2CCCCC2)cc1. The van der Waals surface area contributed by atoms with Crippen molar-refractivity contribution in [1.82, 2.24) is 10.2 Å². The Labute approximate surface area is 178 Å². The molecule has 0 spiro atoms. The Morgan fingerprint density at radius 2 is 1.83 bits per heavy atom. The maximum absolute atomic E-state index is 13.6. The number of ether oxygens (including phenoxy) is 2. The number of hydrogen-bond donors (Lipinski definition) is 1. The van der Waals surface area contributed by atoms with Gasteiger partial charge in [0.25, 0.3) is 0 Å². The highest BCUT2D eigenvalue weighted by molar-refractivity contribution is 5.75. The summed E-state index contributed by atoms with van der Waals surface area (Å²) >= 11 is 0. The number of hydrogen-bond acceptors (Lipinski definition) is 4. The molecule has 1 aliphatic heterocycles. The van der Waals surface area contributed by atoms with Crippen molar-refractivity contribution in [2.45, 2.75) is 38.1 Å². The molecule has 0 aromatic heterocycles. The third-order valence-corrected chi connectivity index (χ3v) is 5.47. The van der Waals surface area contributed by atoms with Crippen LogP contribution in [0.1, 0.15) is 43.7 Å². The number of rotatable bonds is 10. The first-order valence-electron chi connectivity index (χ1n) is 10.7. The van der Waals surface area contributed by atoms with Gasteiger partial charge in [-0.3, -0.25) is 9.69 Å². The van der Waals surface area contributed by atoms with Crippen molar-refractivity contribution in [2.75, 3.05) is 33.4 Å². The van der Waals surface area contributed by atoms with Gasteiger partial charge in [-0.05, 0) is 62.2 Å². The van der Waals surface area contributed by atoms with Gasteiger partial charge in [-0.1, -0.05) is 30.7 Å². The van der Waals surface area contributed by atoms with Gasteiger partial charge < -0.3 is 14.8 Å². The van der Waals surface area contributed by atoms with Crippen molar-refractivity contribution < 1.29 is 18.7 Å². The summed E-state index contributed by atoms with van der Waals surface area (Å²) in [5, 5.41) is 3.08. The average molecular weight is 415 g/mol. The lowest BCUT2D eigenvalue weighted by atomic mass is 10.0. The van der Waals surface area contributed by atoms with E-state index in [1.54, 1.807) is 25.3 Å². The van der Waals surface area contributed by atoms with Crippen LogP contribution < -0.4 is 14.8 Å². The number of para-hydroxylation sites is 1. The molecule has 1 saturated heterocycles. The molecular weight excluding hydrogens is 383 g/mol. The molecule has 1 fully saturated rings. The lowest BCUT2D eigenvalue weighted by molar-refractivity contribution is -0.121. The van der Waals surface area contributed by atoms with Crippen LogP contribution in [0, 0.1) is 5.82 Å². The molecule has 1 amide bonds. The normalized spacial score (nSPS) is 15.4. The van der Waals surface area contributed by atoms with Gasteiger partial charge in [0, 0.05) is 13.0 Å². The smallest absolute Gasteiger partial charge is 0.220 e. The lowest BCUT2D eigenvalue weighted by Crippen LogP contribution is -2.40. The Kier molecular flexibility index (Phi) is 8.51. The molecule has 0 saturated carbocycles. The molecule has 30 heavy (non-hydrogen) atoms. The van der Waals surface area contributed by atoms with E-state index in [0.29, 0.717) is 26.0 Å². The minimum atomic E-state index is -0.384. The number of benzene rings is 2. The van der Waals surface area contributed by atoms with Crippen LogP contribution in [0.2, 0.25) is 0 Å². The van der Waals surface area contributed by atoms with Crippen LogP contribution in [0.4, 0.5) is 4.39 Å². The molecule has 1 atom stereocenters. The highest BCUT2D eigenvalue weighted by Gasteiger charge is 2.23. The topological polar surface area (TPSA) is 50.8 Å². The van der Waals surface area contributed by atoms with E-state index in [-0.39, 0.29) is 23.5 Å². The molecule has 1 unspecified atom stereocenters. The van der Waals surface area contributed by atoms with Crippen LogP contribution in [0.25, 0.3) is 0 Å². The molecule has 1 aliphatic rings. The second-order valence-electron chi connectivity index (χ2n) is 7.57. The highest BCUT2D eigenvalue weighted by Crippen LogP contribution is 2.26. The number of methoxy groups -OCH3 is 1. The van der Waals surface area contributed by atoms with Crippen LogP contribution in [0.5, 0.6) is 11.5 Å². The maximum Gasteiger partial charge on any atom is 0.220 e. The fourth-order valence-electron chi connectivity index (χ4n) is 3.79. The number of halogens is 1. The first kappa shape index (κ1) is 22.1. The lowest BCUT2D eigenvalue weighted by Gasteiger charge is -2.35. The summed E-state index contributed by atoms with van der Waals surface area (Å²) < 4.78 is 24.2. The number of amides is 1. The molecule has 5 nitrogen and oxygen atoms in total. The summed E-state index contributed by atoms with van der Waals surface area (Å²) in [7, 11) is 1.66. The number of carbonyl (C=O) groups is 1. The van der Waals surface area contributed by atoms with Crippen molar-refractivity contribution >= 4 is 5.91 Å². The number of nitrogens with zero attached hydrogens (tertiary/aromatic N) is 1. The number of nitrogens with one attached hydrogen (secondary N) is 1. The van der Waals surface area contributed by atoms with E-state index in [4.69, 9.17) is 9.47 Å². The Bertz CT molecular complexity index is 791. The number of carbonyl (C=O) groups excluding carboxylic acids is 1. The first-order chi connectivity index (χ1) is 14.7. The van der Waals surface area contributed by atoms with Gasteiger partial charge in [-0.15, -0.1) is 0 Å². The Morgan fingerprint density at radius 1 is 1.10 bits per heavy atom. The van der Waals surface area contributed by atoms with E-state index < -0.39 is 0 Å². The van der Waals surface area contributed by atoms with Crippen molar-refractivity contribution in [2.24, 2.45) is 0 Å². The molecule has 1 heterocycles. The van der Waals surface area contributed by atoms with E-state index in [1.807, 2.05) is 12.1 Å². The predicted octanol–water partition coefficient (Wildman–Crippen LogP) is 4.34. The van der Waals surface area contributed by atoms with Crippen LogP contribution in [0.3, 0.4) is 0 Å². The van der Waals surface area contributed by atoms with E-state index in [9.17, 15) is 9.18 Å². The second-order valence-corrected chi connectivity index (χ2v) is 7.57. The third-order valence-electron chi connectivity index (χ3n) is 5.47. The van der Waals surface area contributed by atoms with Gasteiger partial charge >= 0.3 is 0 Å². The molecule has 2 aromatic rings. The van der Waals surface area contributed by atoms with Gasteiger partial charge in [0.2, 0.25) is 5.91 Å². The fraction of sp³-hybridized carbons (Fsp3) is 0.458. The Balaban J connectivity index is 1.48. The largest absolute Gasteiger partial charge is 0.497 e. The monoisotopic (exact) mass is 414 g/mol. The molecule has 1 N–H and O–H groups in total. The van der Waals surface area contributed by atoms with Crippen LogP contribution in [0.15, 0.2) is 48.5 Å². The summed E-state index contributed by atoms with van der Waals surface area (Å²) in [5.74, 6) is 0.658. The van der Waals surface area contributed by atoms with Crippen molar-refractivity contribution in [1.29, 1.82) is 0 Å². The van der Waals surface area contributed by atoms with Gasteiger partial charge in [0.1, 0.15) is 5.75 Å². The molecule has 0 bridgehead atoms. The second kappa shape index (κ2) is 11.6. The molecule has 0 radical (unpaired) electrons. The van der Waals surface area contributed by atoms with Crippen molar-refractivity contribution in [3.8, 4) is 11.5 Å². The zero-order valence-electron chi connectivity index (χ0n) is 17.6. The minimum absolute atomic E-state index is 0.0114. The van der Waals surface area contributed by atoms with Crippen LogP contribution >= 0.6 is 0 Å². The van der Waals surface area contributed by atoms with Crippen molar-refractivity contribution in [3.63, 3.8) is 0 Å². The molecule has 3 rings (SSSR count). The number of piperidine rings is 1. The maximum atomic E-state index is 13.6. The fourth-order valence-corrected chi connectivity index (χ4v) is 3.79. The number of likely N-dealkylation sites (tertiary alicyclic amines) is 1. The third kappa shape index (κ3) is 6.46. The minimum Gasteiger partial charge on any atom is -0.497 e. The molecule has 162 valence electrons. The molecule has 6 heteroatoms. The summed E-state index contributed by atoms with van der Waals surface area (Å²) in [6.45, 7) is 2.97. The molecular formula is C24H31FN2O3. The quantitative estimate of drug-likeness (QED) is 0.588. The van der Waals surface area contributed by atoms with E-state index >= 15 is 0 Å². The summed E-state index contributed by atoms with van der Waals surface area (Å²) in [6.07, 6.45) is 4.53. The van der Waals surface area contributed by atoms with Gasteiger partial charge in [-0.2, -0.15) is 0 Å². The van der Waals surface area contributed by atoms with Gasteiger partial charge in [0.15, 0.2) is 11.6 Å². The van der Waals surface area contributed by atoms with E-state index in [0.717, 1.165) is 18.8 Å². The Hall–Kier alpha value is -2.60. The highest BCUT2D eigenvalue weighted by atomic mass is 19.1. The molecule has 0 aliphatic carbocycles. The van der Waals surface area contributed by atoms with E-state index in [2.05, 4.69) is 22.3 Å². The van der Waals surface area contributed by atoms with E-state index in [1.165, 1.54) is 30.9 Å². The zero-order chi connectivity index (χ0) is 21.2. The standard InChI is InChI=1S/C24H31FN2O3/c1-29-20-13-11-19(12-14-20)22(27-15-5-2-6-16-27)18-26-24(28)10-7-17-30-23-9-4-3-8-21(23)25/h3-4,8-9,11-14,22H,2,5-7,10,15-18H2,1H3,(H,26,28). The van der Waals surface area contributed by atoms with Gasteiger partial charge in [-0.25, -0.2) is 4.39 Å². The Morgan fingerprint density at radius 3 is 2.53 bits per heavy atom. The average Bonchev–Trinajstić information content (AvgIpc) is 2.79. The molecule has 2 aromatic carbocycles. The summed E-state index contributed by atoms with van der Waals surface area (Å²) in [6, 6.07) is 14.5. The van der Waals surface area contributed by atoms with Crippen LogP contribution in [-0.4, -0.2) is 44.2 Å². The predicted molar refractivity (Wildman–Crippen MR) is 115 cm³/mol. The zero-order valence-corrected chi connectivity index (χ0v) is 17.6.